The van der Waals surface area contributed by atoms with Gasteiger partial charge in [0.25, 0.3) is 0 Å². The third-order valence-electron chi connectivity index (χ3n) is 3.54. The number of imidazole rings is 1. The molecule has 1 aromatic heterocycles. The molecule has 0 spiro atoms. The van der Waals surface area contributed by atoms with E-state index in [1.54, 1.807) is 12.5 Å². The Morgan fingerprint density at radius 1 is 1.50 bits per heavy atom. The van der Waals surface area contributed by atoms with E-state index in [1.165, 1.54) is 0 Å². The molecule has 1 fully saturated rings. The molecule has 0 aliphatic carbocycles. The Balaban J connectivity index is 1.82. The maximum atomic E-state index is 12.2. The van der Waals surface area contributed by atoms with Gasteiger partial charge in [0.15, 0.2) is 0 Å². The van der Waals surface area contributed by atoms with E-state index in [-0.39, 0.29) is 5.91 Å². The molecule has 6 nitrogen and oxygen atoms in total. The molecule has 1 aliphatic rings. The molecule has 0 aromatic carbocycles. The first-order chi connectivity index (χ1) is 8.77. The minimum atomic E-state index is -0.437. The number of ether oxygens (including phenoxy) is 1. The molecule has 18 heavy (non-hydrogen) atoms. The second kappa shape index (κ2) is 5.97. The molecule has 0 unspecified atom stereocenters. The van der Waals surface area contributed by atoms with Crippen molar-refractivity contribution in [3.8, 4) is 0 Å². The van der Waals surface area contributed by atoms with Gasteiger partial charge in [0.2, 0.25) is 5.91 Å². The van der Waals surface area contributed by atoms with Crippen LogP contribution in [-0.2, 0) is 16.1 Å². The van der Waals surface area contributed by atoms with Crippen LogP contribution in [0.4, 0.5) is 0 Å². The van der Waals surface area contributed by atoms with Crippen molar-refractivity contribution in [2.24, 2.45) is 11.1 Å². The van der Waals surface area contributed by atoms with Gasteiger partial charge in [0.1, 0.15) is 0 Å². The lowest BCUT2D eigenvalue weighted by Crippen LogP contribution is -2.49. The first-order valence-corrected chi connectivity index (χ1v) is 6.29. The maximum Gasteiger partial charge on any atom is 0.227 e. The van der Waals surface area contributed by atoms with Crippen LogP contribution in [0.3, 0.4) is 0 Å². The van der Waals surface area contributed by atoms with Gasteiger partial charge in [0, 0.05) is 45.2 Å². The molecule has 100 valence electrons. The molecule has 2 rings (SSSR count). The average molecular weight is 252 g/mol. The van der Waals surface area contributed by atoms with E-state index >= 15 is 0 Å². The van der Waals surface area contributed by atoms with Crippen LogP contribution in [0.25, 0.3) is 0 Å². The molecule has 0 saturated carbocycles. The van der Waals surface area contributed by atoms with Gasteiger partial charge >= 0.3 is 0 Å². The summed E-state index contributed by atoms with van der Waals surface area (Å²) >= 11 is 0. The van der Waals surface area contributed by atoms with Gasteiger partial charge in [-0.15, -0.1) is 0 Å². The zero-order chi connectivity index (χ0) is 12.8. The number of carbonyl (C=O) groups is 1. The molecule has 0 atom stereocenters. The summed E-state index contributed by atoms with van der Waals surface area (Å²) in [4.78, 5) is 16.2. The van der Waals surface area contributed by atoms with Crippen molar-refractivity contribution in [1.29, 1.82) is 0 Å². The van der Waals surface area contributed by atoms with Gasteiger partial charge in [-0.3, -0.25) is 4.79 Å². The number of nitrogens with zero attached hydrogens (tertiary/aromatic N) is 2. The van der Waals surface area contributed by atoms with E-state index in [0.717, 1.165) is 6.54 Å². The summed E-state index contributed by atoms with van der Waals surface area (Å²) in [5.74, 6) is 0.0495. The predicted molar refractivity (Wildman–Crippen MR) is 66.8 cm³/mol. The lowest BCUT2D eigenvalue weighted by atomic mass is 9.79. The zero-order valence-corrected chi connectivity index (χ0v) is 10.5. The van der Waals surface area contributed by atoms with E-state index in [2.05, 4.69) is 10.3 Å². The smallest absolute Gasteiger partial charge is 0.227 e. The molecule has 2 heterocycles. The van der Waals surface area contributed by atoms with Gasteiger partial charge in [0.05, 0.1) is 11.7 Å². The van der Waals surface area contributed by atoms with E-state index in [4.69, 9.17) is 10.5 Å². The van der Waals surface area contributed by atoms with Crippen LogP contribution in [0.5, 0.6) is 0 Å². The number of hydrogen-bond acceptors (Lipinski definition) is 4. The van der Waals surface area contributed by atoms with Crippen molar-refractivity contribution in [1.82, 2.24) is 14.9 Å². The highest BCUT2D eigenvalue weighted by atomic mass is 16.5. The number of carbonyl (C=O) groups excluding carboxylic acids is 1. The van der Waals surface area contributed by atoms with Crippen molar-refractivity contribution in [2.45, 2.75) is 19.4 Å². The van der Waals surface area contributed by atoms with Crippen LogP contribution >= 0.6 is 0 Å². The summed E-state index contributed by atoms with van der Waals surface area (Å²) in [6.45, 7) is 2.94. The van der Waals surface area contributed by atoms with Crippen LogP contribution in [0.2, 0.25) is 0 Å². The Bertz CT molecular complexity index is 371. The molecule has 0 bridgehead atoms. The highest BCUT2D eigenvalue weighted by molar-refractivity contribution is 5.83. The Hall–Kier alpha value is -1.40. The molecule has 3 N–H and O–H groups in total. The highest BCUT2D eigenvalue weighted by Gasteiger charge is 2.38. The highest BCUT2D eigenvalue weighted by Crippen LogP contribution is 2.29. The first-order valence-electron chi connectivity index (χ1n) is 6.29. The van der Waals surface area contributed by atoms with Crippen LogP contribution < -0.4 is 11.1 Å². The number of nitrogens with one attached hydrogen (secondary N) is 1. The third-order valence-corrected chi connectivity index (χ3v) is 3.54. The van der Waals surface area contributed by atoms with E-state index in [0.29, 0.717) is 39.1 Å². The average Bonchev–Trinajstić information content (AvgIpc) is 2.92. The SMILES string of the molecule is NCC1(C(=O)NCCn2ccnc2)CCOCC1. The number of hydrogen-bond donors (Lipinski definition) is 2. The maximum absolute atomic E-state index is 12.2. The Kier molecular flexibility index (Phi) is 4.33. The van der Waals surface area contributed by atoms with E-state index in [1.807, 2.05) is 10.8 Å². The Morgan fingerprint density at radius 3 is 2.89 bits per heavy atom. The summed E-state index contributed by atoms with van der Waals surface area (Å²) in [5.41, 5.74) is 5.34. The van der Waals surface area contributed by atoms with Crippen LogP contribution in [-0.4, -0.2) is 41.8 Å². The molecule has 1 aromatic rings. The van der Waals surface area contributed by atoms with Crippen molar-refractivity contribution in [3.05, 3.63) is 18.7 Å². The van der Waals surface area contributed by atoms with Crippen LogP contribution in [0.15, 0.2) is 18.7 Å². The first kappa shape index (κ1) is 13.0. The summed E-state index contributed by atoms with van der Waals surface area (Å²) in [5, 5.41) is 2.96. The molecular formula is C12H20N4O2. The molecule has 1 amide bonds. The largest absolute Gasteiger partial charge is 0.381 e. The Morgan fingerprint density at radius 2 is 2.28 bits per heavy atom. The van der Waals surface area contributed by atoms with E-state index in [9.17, 15) is 4.79 Å². The molecular weight excluding hydrogens is 232 g/mol. The molecule has 1 saturated heterocycles. The van der Waals surface area contributed by atoms with E-state index < -0.39 is 5.41 Å². The minimum Gasteiger partial charge on any atom is -0.381 e. The van der Waals surface area contributed by atoms with Crippen LogP contribution in [0.1, 0.15) is 12.8 Å². The van der Waals surface area contributed by atoms with Gasteiger partial charge in [-0.2, -0.15) is 0 Å². The predicted octanol–water partition coefficient (Wildman–Crippen LogP) is -0.245. The topological polar surface area (TPSA) is 82.2 Å². The number of amides is 1. The summed E-state index contributed by atoms with van der Waals surface area (Å²) in [7, 11) is 0. The number of rotatable bonds is 5. The number of aromatic nitrogens is 2. The third kappa shape index (κ3) is 2.88. The molecule has 0 radical (unpaired) electrons. The summed E-state index contributed by atoms with van der Waals surface area (Å²) in [6, 6.07) is 0. The quantitative estimate of drug-likeness (QED) is 0.757. The number of nitrogens with two attached hydrogens (primary N) is 1. The van der Waals surface area contributed by atoms with Gasteiger partial charge < -0.3 is 20.4 Å². The molecule has 1 aliphatic heterocycles. The lowest BCUT2D eigenvalue weighted by molar-refractivity contribution is -0.135. The standard InChI is InChI=1S/C12H20N4O2/c13-9-12(1-7-18-8-2-12)11(17)15-4-6-16-5-3-14-10-16/h3,5,10H,1-2,4,6-9,13H2,(H,15,17). The van der Waals surface area contributed by atoms with Crippen molar-refractivity contribution in [2.75, 3.05) is 26.3 Å². The fourth-order valence-electron chi connectivity index (χ4n) is 2.19. The van der Waals surface area contributed by atoms with Crippen molar-refractivity contribution in [3.63, 3.8) is 0 Å². The van der Waals surface area contributed by atoms with Crippen molar-refractivity contribution >= 4 is 5.91 Å². The lowest BCUT2D eigenvalue weighted by Gasteiger charge is -2.34. The van der Waals surface area contributed by atoms with Gasteiger partial charge in [-0.1, -0.05) is 0 Å². The zero-order valence-electron chi connectivity index (χ0n) is 10.5. The fraction of sp³-hybridized carbons (Fsp3) is 0.667. The fourth-order valence-corrected chi connectivity index (χ4v) is 2.19. The van der Waals surface area contributed by atoms with Gasteiger partial charge in [-0.25, -0.2) is 4.98 Å². The summed E-state index contributed by atoms with van der Waals surface area (Å²) < 4.78 is 7.22. The molecule has 6 heteroatoms. The normalized spacial score (nSPS) is 18.5. The van der Waals surface area contributed by atoms with Crippen LogP contribution in [0, 0.1) is 5.41 Å². The monoisotopic (exact) mass is 252 g/mol. The second-order valence-electron chi connectivity index (χ2n) is 4.65. The Labute approximate surface area is 107 Å². The minimum absolute atomic E-state index is 0.0495. The second-order valence-corrected chi connectivity index (χ2v) is 4.65. The van der Waals surface area contributed by atoms with Crippen molar-refractivity contribution < 1.29 is 9.53 Å². The summed E-state index contributed by atoms with van der Waals surface area (Å²) in [6.07, 6.45) is 6.75. The van der Waals surface area contributed by atoms with Gasteiger partial charge in [-0.05, 0) is 12.8 Å².